The average molecular weight is 356 g/mol. The van der Waals surface area contributed by atoms with Crippen molar-refractivity contribution < 1.29 is 18.7 Å². The normalized spacial score (nSPS) is 14.4. The number of nitrogens with one attached hydrogen (secondary N) is 2. The second kappa shape index (κ2) is 7.56. The van der Waals surface area contributed by atoms with Gasteiger partial charge in [0.15, 0.2) is 0 Å². The first kappa shape index (κ1) is 17.9. The first-order valence-electron chi connectivity index (χ1n) is 8.53. The van der Waals surface area contributed by atoms with Gasteiger partial charge in [-0.05, 0) is 43.0 Å². The minimum Gasteiger partial charge on any atom is -0.495 e. The first-order chi connectivity index (χ1) is 12.6. The van der Waals surface area contributed by atoms with Crippen molar-refractivity contribution in [2.45, 2.75) is 19.3 Å². The van der Waals surface area contributed by atoms with Gasteiger partial charge in [0, 0.05) is 6.54 Å². The van der Waals surface area contributed by atoms with Gasteiger partial charge in [-0.15, -0.1) is 0 Å². The average Bonchev–Trinajstić information content (AvgIpc) is 3.46. The molecule has 26 heavy (non-hydrogen) atoms. The number of ether oxygens (including phenoxy) is 1. The van der Waals surface area contributed by atoms with Gasteiger partial charge in [-0.25, -0.2) is 4.39 Å². The zero-order valence-corrected chi connectivity index (χ0v) is 14.5. The Morgan fingerprint density at radius 3 is 2.46 bits per heavy atom. The molecule has 1 aliphatic carbocycles. The van der Waals surface area contributed by atoms with E-state index in [1.165, 1.54) is 13.2 Å². The Kier molecular flexibility index (Phi) is 5.21. The van der Waals surface area contributed by atoms with Crippen molar-refractivity contribution in [2.75, 3.05) is 19.0 Å². The fraction of sp³-hybridized carbons (Fsp3) is 0.300. The van der Waals surface area contributed by atoms with Crippen LogP contribution in [-0.2, 0) is 16.0 Å². The number of carbonyl (C=O) groups is 2. The molecule has 0 spiro atoms. The topological polar surface area (TPSA) is 67.4 Å². The maximum atomic E-state index is 13.6. The van der Waals surface area contributed by atoms with Gasteiger partial charge < -0.3 is 15.4 Å². The second-order valence-corrected chi connectivity index (χ2v) is 6.33. The Labute approximate surface area is 151 Å². The van der Waals surface area contributed by atoms with E-state index in [0.717, 1.165) is 0 Å². The van der Waals surface area contributed by atoms with Crippen molar-refractivity contribution in [1.29, 1.82) is 0 Å². The van der Waals surface area contributed by atoms with Crippen LogP contribution in [0.3, 0.4) is 0 Å². The van der Waals surface area contributed by atoms with E-state index in [2.05, 4.69) is 10.6 Å². The summed E-state index contributed by atoms with van der Waals surface area (Å²) in [6.07, 6.45) is 1.38. The van der Waals surface area contributed by atoms with Crippen LogP contribution >= 0.6 is 0 Å². The summed E-state index contributed by atoms with van der Waals surface area (Å²) in [7, 11) is 1.52. The van der Waals surface area contributed by atoms with Crippen LogP contribution in [0, 0.1) is 11.2 Å². The van der Waals surface area contributed by atoms with E-state index in [1.807, 2.05) is 0 Å². The molecule has 136 valence electrons. The largest absolute Gasteiger partial charge is 0.495 e. The monoisotopic (exact) mass is 356 g/mol. The van der Waals surface area contributed by atoms with Crippen LogP contribution in [0.1, 0.15) is 18.4 Å². The molecule has 0 radical (unpaired) electrons. The van der Waals surface area contributed by atoms with Crippen LogP contribution in [0.25, 0.3) is 0 Å². The number of hydrogen-bond donors (Lipinski definition) is 2. The van der Waals surface area contributed by atoms with E-state index in [1.54, 1.807) is 42.5 Å². The number of amides is 2. The Morgan fingerprint density at radius 2 is 1.77 bits per heavy atom. The molecule has 0 aliphatic heterocycles. The second-order valence-electron chi connectivity index (χ2n) is 6.33. The lowest BCUT2D eigenvalue weighted by molar-refractivity contribution is -0.134. The van der Waals surface area contributed by atoms with Gasteiger partial charge in [0.25, 0.3) is 0 Å². The molecule has 1 fully saturated rings. The molecule has 0 aromatic heterocycles. The fourth-order valence-corrected chi connectivity index (χ4v) is 2.85. The summed E-state index contributed by atoms with van der Waals surface area (Å²) in [5.41, 5.74) is 0.0253. The molecule has 0 unspecified atom stereocenters. The number of hydrogen-bond acceptors (Lipinski definition) is 3. The van der Waals surface area contributed by atoms with Crippen LogP contribution in [0.2, 0.25) is 0 Å². The number of carbonyl (C=O) groups excluding carboxylic acids is 2. The molecule has 1 aliphatic rings. The predicted molar refractivity (Wildman–Crippen MR) is 96.4 cm³/mol. The van der Waals surface area contributed by atoms with Gasteiger partial charge in [-0.2, -0.15) is 0 Å². The molecule has 0 bridgehead atoms. The molecule has 3 rings (SSSR count). The molecule has 5 nitrogen and oxygen atoms in total. The summed E-state index contributed by atoms with van der Waals surface area (Å²) >= 11 is 0. The van der Waals surface area contributed by atoms with Crippen molar-refractivity contribution in [3.63, 3.8) is 0 Å². The number of anilines is 1. The lowest BCUT2D eigenvalue weighted by atomic mass is 10.0. The number of benzene rings is 2. The third kappa shape index (κ3) is 3.69. The summed E-state index contributed by atoms with van der Waals surface area (Å²) in [5, 5.41) is 5.54. The molecular formula is C20H21FN2O3. The van der Waals surface area contributed by atoms with E-state index in [4.69, 9.17) is 4.74 Å². The predicted octanol–water partition coefficient (Wildman–Crippen LogP) is 2.91. The van der Waals surface area contributed by atoms with Gasteiger partial charge >= 0.3 is 0 Å². The number of rotatable bonds is 7. The highest BCUT2D eigenvalue weighted by atomic mass is 19.1. The third-order valence-corrected chi connectivity index (χ3v) is 4.61. The van der Waals surface area contributed by atoms with Crippen LogP contribution in [0.5, 0.6) is 5.75 Å². The van der Waals surface area contributed by atoms with Crippen molar-refractivity contribution in [3.05, 3.63) is 59.9 Å². The molecule has 6 heteroatoms. The van der Waals surface area contributed by atoms with E-state index in [0.29, 0.717) is 36.3 Å². The van der Waals surface area contributed by atoms with Crippen molar-refractivity contribution in [3.8, 4) is 5.75 Å². The summed E-state index contributed by atoms with van der Waals surface area (Å²) in [5.74, 6) is -0.417. The van der Waals surface area contributed by atoms with Gasteiger partial charge in [-0.1, -0.05) is 30.3 Å². The maximum Gasteiger partial charge on any atom is 0.240 e. The highest BCUT2D eigenvalue weighted by molar-refractivity contribution is 6.13. The molecule has 2 aromatic carbocycles. The number of halogens is 1. The summed E-state index contributed by atoms with van der Waals surface area (Å²) in [6.45, 7) is 0.281. The third-order valence-electron chi connectivity index (χ3n) is 4.61. The highest BCUT2D eigenvalue weighted by Gasteiger charge is 2.56. The molecule has 2 amide bonds. The zero-order chi connectivity index (χ0) is 18.6. The first-order valence-corrected chi connectivity index (χ1v) is 8.53. The molecule has 2 aromatic rings. The molecular weight excluding hydrogens is 335 g/mol. The summed E-state index contributed by atoms with van der Waals surface area (Å²) in [6, 6.07) is 13.5. The van der Waals surface area contributed by atoms with Crippen molar-refractivity contribution in [1.82, 2.24) is 5.32 Å². The van der Waals surface area contributed by atoms with Crippen LogP contribution in [-0.4, -0.2) is 25.5 Å². The van der Waals surface area contributed by atoms with Crippen LogP contribution in [0.15, 0.2) is 48.5 Å². The van der Waals surface area contributed by atoms with Crippen LogP contribution < -0.4 is 15.4 Å². The van der Waals surface area contributed by atoms with Gasteiger partial charge in [0.1, 0.15) is 17.0 Å². The van der Waals surface area contributed by atoms with E-state index in [-0.39, 0.29) is 24.2 Å². The molecule has 0 saturated heterocycles. The molecule has 2 N–H and O–H groups in total. The van der Waals surface area contributed by atoms with Crippen LogP contribution in [0.4, 0.5) is 10.1 Å². The van der Waals surface area contributed by atoms with Gasteiger partial charge in [-0.3, -0.25) is 9.59 Å². The van der Waals surface area contributed by atoms with E-state index in [9.17, 15) is 14.0 Å². The Hall–Kier alpha value is -2.89. The fourth-order valence-electron chi connectivity index (χ4n) is 2.85. The van der Waals surface area contributed by atoms with E-state index < -0.39 is 5.41 Å². The number of methoxy groups -OCH3 is 1. The lowest BCUT2D eigenvalue weighted by Gasteiger charge is -2.17. The Bertz CT molecular complexity index is 818. The summed E-state index contributed by atoms with van der Waals surface area (Å²) in [4.78, 5) is 25.1. The quantitative estimate of drug-likeness (QED) is 0.750. The van der Waals surface area contributed by atoms with Gasteiger partial charge in [0.2, 0.25) is 11.8 Å². The minimum absolute atomic E-state index is 0.281. The SMILES string of the molecule is COc1ccccc1NC(=O)C1(C(=O)NCCc2ccccc2F)CC1. The lowest BCUT2D eigenvalue weighted by Crippen LogP contribution is -2.40. The Morgan fingerprint density at radius 1 is 1.08 bits per heavy atom. The molecule has 0 heterocycles. The highest BCUT2D eigenvalue weighted by Crippen LogP contribution is 2.47. The molecule has 0 atom stereocenters. The maximum absolute atomic E-state index is 13.6. The Balaban J connectivity index is 1.58. The van der Waals surface area contributed by atoms with Crippen molar-refractivity contribution >= 4 is 17.5 Å². The summed E-state index contributed by atoms with van der Waals surface area (Å²) < 4.78 is 18.8. The minimum atomic E-state index is -1.05. The van der Waals surface area contributed by atoms with Crippen molar-refractivity contribution in [2.24, 2.45) is 5.41 Å². The van der Waals surface area contributed by atoms with E-state index >= 15 is 0 Å². The standard InChI is InChI=1S/C20H21FN2O3/c1-26-17-9-5-4-8-16(17)23-19(25)20(11-12-20)18(24)22-13-10-14-6-2-3-7-15(14)21/h2-9H,10-13H2,1H3,(H,22,24)(H,23,25). The van der Waals surface area contributed by atoms with Gasteiger partial charge in [0.05, 0.1) is 12.8 Å². The smallest absolute Gasteiger partial charge is 0.240 e. The number of para-hydroxylation sites is 2. The molecule has 1 saturated carbocycles. The zero-order valence-electron chi connectivity index (χ0n) is 14.5.